The molecule has 0 saturated carbocycles. The molecular weight excluding hydrogens is 330 g/mol. The van der Waals surface area contributed by atoms with Gasteiger partial charge in [-0.05, 0) is 36.8 Å². The Labute approximate surface area is 152 Å². The smallest absolute Gasteiger partial charge is 0.255 e. The SMILES string of the molecule is COc1ccccc1OCc1cccc(C(=O)Nc2cnn(C)c2C)c1. The summed E-state index contributed by atoms with van der Waals surface area (Å²) in [5.74, 6) is 1.16. The number of carbonyl (C=O) groups is 1. The Kier molecular flexibility index (Phi) is 5.22. The molecule has 0 unspecified atom stereocenters. The molecule has 1 amide bonds. The Hall–Kier alpha value is -3.28. The Morgan fingerprint density at radius 3 is 2.62 bits per heavy atom. The zero-order valence-electron chi connectivity index (χ0n) is 15.0. The van der Waals surface area contributed by atoms with Crippen molar-refractivity contribution < 1.29 is 14.3 Å². The first-order valence-corrected chi connectivity index (χ1v) is 8.23. The van der Waals surface area contributed by atoms with Crippen molar-refractivity contribution in [3.63, 3.8) is 0 Å². The first-order valence-electron chi connectivity index (χ1n) is 8.23. The zero-order chi connectivity index (χ0) is 18.5. The average Bonchev–Trinajstić information content (AvgIpc) is 2.99. The number of benzene rings is 2. The van der Waals surface area contributed by atoms with Gasteiger partial charge < -0.3 is 14.8 Å². The Balaban J connectivity index is 1.69. The van der Waals surface area contributed by atoms with Crippen molar-refractivity contribution in [3.05, 3.63) is 71.5 Å². The van der Waals surface area contributed by atoms with Crippen LogP contribution in [0.4, 0.5) is 5.69 Å². The van der Waals surface area contributed by atoms with Crippen molar-refractivity contribution in [2.24, 2.45) is 7.05 Å². The molecule has 0 fully saturated rings. The summed E-state index contributed by atoms with van der Waals surface area (Å²) >= 11 is 0. The number of ether oxygens (including phenoxy) is 2. The van der Waals surface area contributed by atoms with E-state index in [1.54, 1.807) is 24.1 Å². The van der Waals surface area contributed by atoms with Crippen LogP contribution in [0, 0.1) is 6.92 Å². The fourth-order valence-corrected chi connectivity index (χ4v) is 2.52. The van der Waals surface area contributed by atoms with Gasteiger partial charge in [0.05, 0.1) is 24.7 Å². The number of amides is 1. The molecule has 0 bridgehead atoms. The van der Waals surface area contributed by atoms with Crippen molar-refractivity contribution in [2.45, 2.75) is 13.5 Å². The minimum atomic E-state index is -0.180. The lowest BCUT2D eigenvalue weighted by Crippen LogP contribution is -2.13. The second-order valence-electron chi connectivity index (χ2n) is 5.86. The second-order valence-corrected chi connectivity index (χ2v) is 5.86. The molecule has 0 saturated heterocycles. The molecule has 26 heavy (non-hydrogen) atoms. The van der Waals surface area contributed by atoms with Gasteiger partial charge in [0, 0.05) is 12.6 Å². The van der Waals surface area contributed by atoms with Gasteiger partial charge in [0.15, 0.2) is 11.5 Å². The van der Waals surface area contributed by atoms with E-state index in [1.165, 1.54) is 0 Å². The van der Waals surface area contributed by atoms with E-state index in [-0.39, 0.29) is 5.91 Å². The van der Waals surface area contributed by atoms with Crippen LogP contribution in [-0.2, 0) is 13.7 Å². The van der Waals surface area contributed by atoms with Crippen LogP contribution < -0.4 is 14.8 Å². The van der Waals surface area contributed by atoms with Crippen molar-refractivity contribution in [2.75, 3.05) is 12.4 Å². The summed E-state index contributed by atoms with van der Waals surface area (Å²) in [7, 11) is 3.44. The lowest BCUT2D eigenvalue weighted by molar-refractivity contribution is 0.102. The van der Waals surface area contributed by atoms with Gasteiger partial charge in [-0.15, -0.1) is 0 Å². The molecule has 3 rings (SSSR count). The number of nitrogens with one attached hydrogen (secondary N) is 1. The average molecular weight is 351 g/mol. The van der Waals surface area contributed by atoms with E-state index >= 15 is 0 Å². The van der Waals surface area contributed by atoms with Crippen LogP contribution in [0.2, 0.25) is 0 Å². The highest BCUT2D eigenvalue weighted by Crippen LogP contribution is 2.26. The summed E-state index contributed by atoms with van der Waals surface area (Å²) in [4.78, 5) is 12.5. The van der Waals surface area contributed by atoms with Crippen LogP contribution in [0.1, 0.15) is 21.6 Å². The van der Waals surface area contributed by atoms with E-state index in [0.717, 1.165) is 11.3 Å². The molecule has 6 heteroatoms. The molecule has 1 N–H and O–H groups in total. The molecule has 0 radical (unpaired) electrons. The minimum absolute atomic E-state index is 0.180. The van der Waals surface area contributed by atoms with E-state index in [0.29, 0.717) is 29.4 Å². The van der Waals surface area contributed by atoms with E-state index in [2.05, 4.69) is 10.4 Å². The standard InChI is InChI=1S/C20H21N3O3/c1-14-17(12-21-23(14)2)22-20(24)16-8-6-7-15(11-16)13-26-19-10-5-4-9-18(19)25-3/h4-12H,13H2,1-3H3,(H,22,24). The van der Waals surface area contributed by atoms with Crippen LogP contribution >= 0.6 is 0 Å². The molecule has 3 aromatic rings. The summed E-state index contributed by atoms with van der Waals surface area (Å²) < 4.78 is 12.8. The third-order valence-electron chi connectivity index (χ3n) is 4.14. The van der Waals surface area contributed by atoms with Crippen LogP contribution in [0.3, 0.4) is 0 Å². The zero-order valence-corrected chi connectivity index (χ0v) is 15.0. The van der Waals surface area contributed by atoms with Crippen molar-refractivity contribution in [1.29, 1.82) is 0 Å². The number of methoxy groups -OCH3 is 1. The van der Waals surface area contributed by atoms with Crippen molar-refractivity contribution in [1.82, 2.24) is 9.78 Å². The Morgan fingerprint density at radius 1 is 1.15 bits per heavy atom. The largest absolute Gasteiger partial charge is 0.493 e. The van der Waals surface area contributed by atoms with E-state index < -0.39 is 0 Å². The van der Waals surface area contributed by atoms with Crippen LogP contribution in [-0.4, -0.2) is 22.8 Å². The number of aryl methyl sites for hydroxylation is 1. The first-order chi connectivity index (χ1) is 12.6. The molecule has 0 spiro atoms. The molecule has 0 aliphatic carbocycles. The third kappa shape index (κ3) is 3.85. The van der Waals surface area contributed by atoms with E-state index in [9.17, 15) is 4.79 Å². The number of hydrogen-bond acceptors (Lipinski definition) is 4. The summed E-state index contributed by atoms with van der Waals surface area (Å²) in [5.41, 5.74) is 3.06. The highest BCUT2D eigenvalue weighted by atomic mass is 16.5. The molecule has 1 heterocycles. The van der Waals surface area contributed by atoms with E-state index in [1.807, 2.05) is 56.4 Å². The normalized spacial score (nSPS) is 10.4. The number of hydrogen-bond donors (Lipinski definition) is 1. The van der Waals surface area contributed by atoms with Gasteiger partial charge in [0.1, 0.15) is 6.61 Å². The van der Waals surface area contributed by atoms with Gasteiger partial charge in [0.25, 0.3) is 5.91 Å². The molecular formula is C20H21N3O3. The highest BCUT2D eigenvalue weighted by molar-refractivity contribution is 6.04. The Morgan fingerprint density at radius 2 is 1.92 bits per heavy atom. The fourth-order valence-electron chi connectivity index (χ4n) is 2.52. The molecule has 6 nitrogen and oxygen atoms in total. The molecule has 0 atom stereocenters. The number of rotatable bonds is 6. The third-order valence-corrected chi connectivity index (χ3v) is 4.14. The number of nitrogens with zero attached hydrogens (tertiary/aromatic N) is 2. The van der Waals surface area contributed by atoms with Gasteiger partial charge >= 0.3 is 0 Å². The number of carbonyl (C=O) groups excluding carboxylic acids is 1. The predicted molar refractivity (Wildman–Crippen MR) is 99.7 cm³/mol. The fraction of sp³-hybridized carbons (Fsp3) is 0.200. The van der Waals surface area contributed by atoms with Gasteiger partial charge in [-0.25, -0.2) is 0 Å². The highest BCUT2D eigenvalue weighted by Gasteiger charge is 2.11. The lowest BCUT2D eigenvalue weighted by atomic mass is 10.1. The molecule has 1 aromatic heterocycles. The quantitative estimate of drug-likeness (QED) is 0.737. The van der Waals surface area contributed by atoms with Crippen molar-refractivity contribution >= 4 is 11.6 Å². The molecule has 2 aromatic carbocycles. The molecule has 0 aliphatic heterocycles. The monoisotopic (exact) mass is 351 g/mol. The van der Waals surface area contributed by atoms with E-state index in [4.69, 9.17) is 9.47 Å². The summed E-state index contributed by atoms with van der Waals surface area (Å²) in [6.07, 6.45) is 1.64. The number of para-hydroxylation sites is 2. The van der Waals surface area contributed by atoms with Gasteiger partial charge in [-0.1, -0.05) is 24.3 Å². The van der Waals surface area contributed by atoms with Gasteiger partial charge in [-0.3, -0.25) is 9.48 Å². The minimum Gasteiger partial charge on any atom is -0.493 e. The summed E-state index contributed by atoms with van der Waals surface area (Å²) in [5, 5.41) is 7.01. The topological polar surface area (TPSA) is 65.4 Å². The van der Waals surface area contributed by atoms with Crippen molar-refractivity contribution in [3.8, 4) is 11.5 Å². The van der Waals surface area contributed by atoms with Gasteiger partial charge in [0.2, 0.25) is 0 Å². The predicted octanol–water partition coefficient (Wildman–Crippen LogP) is 3.57. The Bertz CT molecular complexity index is 918. The second kappa shape index (κ2) is 7.74. The van der Waals surface area contributed by atoms with Crippen LogP contribution in [0.25, 0.3) is 0 Å². The summed E-state index contributed by atoms with van der Waals surface area (Å²) in [6, 6.07) is 14.8. The van der Waals surface area contributed by atoms with Crippen LogP contribution in [0.5, 0.6) is 11.5 Å². The van der Waals surface area contributed by atoms with Gasteiger partial charge in [-0.2, -0.15) is 5.10 Å². The maximum absolute atomic E-state index is 12.5. The maximum atomic E-state index is 12.5. The maximum Gasteiger partial charge on any atom is 0.255 e. The lowest BCUT2D eigenvalue weighted by Gasteiger charge is -2.11. The summed E-state index contributed by atoms with van der Waals surface area (Å²) in [6.45, 7) is 2.24. The molecule has 0 aliphatic rings. The number of aromatic nitrogens is 2. The van der Waals surface area contributed by atoms with Crippen LogP contribution in [0.15, 0.2) is 54.7 Å². The molecule has 134 valence electrons. The number of anilines is 1. The first kappa shape index (κ1) is 17.5.